The van der Waals surface area contributed by atoms with E-state index in [4.69, 9.17) is 4.74 Å². The quantitative estimate of drug-likeness (QED) is 0.464. The topological polar surface area (TPSA) is 26.3 Å². The highest BCUT2D eigenvalue weighted by Crippen LogP contribution is 2.44. The van der Waals surface area contributed by atoms with Crippen molar-refractivity contribution in [2.45, 2.75) is 32.1 Å². The summed E-state index contributed by atoms with van der Waals surface area (Å²) in [5.41, 5.74) is 1.30. The molecule has 2 heteroatoms. The number of hydrogen-bond donors (Lipinski definition) is 0. The average Bonchev–Trinajstić information content (AvgIpc) is 2.49. The Labute approximate surface area is 121 Å². The van der Waals surface area contributed by atoms with Gasteiger partial charge in [-0.3, -0.25) is 0 Å². The second kappa shape index (κ2) is 6.56. The van der Waals surface area contributed by atoms with Crippen LogP contribution in [0.25, 0.3) is 0 Å². The van der Waals surface area contributed by atoms with Crippen LogP contribution in [0.1, 0.15) is 37.7 Å². The number of esters is 1. The molecule has 0 aromatic heterocycles. The maximum Gasteiger partial charge on any atom is 0.330 e. The third-order valence-corrected chi connectivity index (χ3v) is 4.08. The normalized spacial score (nSPS) is 23.7. The fraction of sp³-hybridized carbons (Fsp3) is 0.389. The maximum atomic E-state index is 11.4. The smallest absolute Gasteiger partial charge is 0.330 e. The van der Waals surface area contributed by atoms with Crippen molar-refractivity contribution in [1.82, 2.24) is 0 Å². The van der Waals surface area contributed by atoms with E-state index in [-0.39, 0.29) is 17.3 Å². The first-order valence-corrected chi connectivity index (χ1v) is 7.14. The molecule has 0 amide bonds. The van der Waals surface area contributed by atoms with Crippen molar-refractivity contribution >= 4 is 5.97 Å². The molecule has 0 bridgehead atoms. The minimum atomic E-state index is -0.297. The summed E-state index contributed by atoms with van der Waals surface area (Å²) in [6.45, 7) is 2.27. The Bertz CT molecular complexity index is 501. The van der Waals surface area contributed by atoms with Gasteiger partial charge in [0.25, 0.3) is 0 Å². The number of methoxy groups -OCH3 is 1. The highest BCUT2D eigenvalue weighted by Gasteiger charge is 2.32. The molecule has 0 fully saturated rings. The standard InChI is InChI=1S/C18H22O2/c1-18(13-7-4-8-14-18)16(11-12-17(19)20-2)15-9-5-3-6-10-15/h3,5-7,9-13,16H,4,8,14H2,1-2H3/b12-11+/t16-,18+/m0/s1. The summed E-state index contributed by atoms with van der Waals surface area (Å²) in [6.07, 6.45) is 11.6. The van der Waals surface area contributed by atoms with Gasteiger partial charge in [-0.1, -0.05) is 55.5 Å². The molecule has 0 saturated carbocycles. The Hall–Kier alpha value is -1.83. The Kier molecular flexibility index (Phi) is 4.78. The van der Waals surface area contributed by atoms with E-state index in [0.29, 0.717) is 0 Å². The number of rotatable bonds is 4. The van der Waals surface area contributed by atoms with E-state index in [2.05, 4.69) is 31.2 Å². The molecule has 0 heterocycles. The van der Waals surface area contributed by atoms with Crippen LogP contribution in [0.4, 0.5) is 0 Å². The van der Waals surface area contributed by atoms with Crippen molar-refractivity contribution in [3.8, 4) is 0 Å². The van der Waals surface area contributed by atoms with Gasteiger partial charge in [0, 0.05) is 12.0 Å². The van der Waals surface area contributed by atoms with Gasteiger partial charge < -0.3 is 4.74 Å². The summed E-state index contributed by atoms with van der Waals surface area (Å²) in [5.74, 6) is -0.103. The molecule has 0 saturated heterocycles. The van der Waals surface area contributed by atoms with Crippen molar-refractivity contribution in [1.29, 1.82) is 0 Å². The second-order valence-electron chi connectivity index (χ2n) is 5.57. The molecule has 1 aromatic rings. The van der Waals surface area contributed by atoms with Crippen LogP contribution in [0.2, 0.25) is 0 Å². The minimum Gasteiger partial charge on any atom is -0.466 e. The second-order valence-corrected chi connectivity index (χ2v) is 5.57. The van der Waals surface area contributed by atoms with Crippen LogP contribution in [0, 0.1) is 5.41 Å². The molecule has 1 aliphatic carbocycles. The first-order chi connectivity index (χ1) is 9.65. The lowest BCUT2D eigenvalue weighted by molar-refractivity contribution is -0.134. The first-order valence-electron chi connectivity index (χ1n) is 7.14. The van der Waals surface area contributed by atoms with Gasteiger partial charge >= 0.3 is 5.97 Å². The van der Waals surface area contributed by atoms with Crippen LogP contribution in [-0.4, -0.2) is 13.1 Å². The first kappa shape index (κ1) is 14.6. The Balaban J connectivity index is 2.34. The summed E-state index contributed by atoms with van der Waals surface area (Å²) < 4.78 is 4.71. The highest BCUT2D eigenvalue weighted by atomic mass is 16.5. The third kappa shape index (κ3) is 3.38. The molecule has 106 valence electrons. The molecule has 1 aliphatic rings. The van der Waals surface area contributed by atoms with E-state index in [1.54, 1.807) is 6.08 Å². The lowest BCUT2D eigenvalue weighted by Gasteiger charge is -2.36. The number of carbonyl (C=O) groups is 1. The maximum absolute atomic E-state index is 11.4. The molecule has 0 aliphatic heterocycles. The Morgan fingerprint density at radius 3 is 2.70 bits per heavy atom. The monoisotopic (exact) mass is 270 g/mol. The van der Waals surface area contributed by atoms with E-state index in [9.17, 15) is 4.79 Å². The number of allylic oxidation sites excluding steroid dienone is 3. The predicted octanol–water partition coefficient (Wildman–Crippen LogP) is 4.25. The summed E-state index contributed by atoms with van der Waals surface area (Å²) >= 11 is 0. The molecule has 20 heavy (non-hydrogen) atoms. The molecule has 2 nitrogen and oxygen atoms in total. The van der Waals surface area contributed by atoms with E-state index >= 15 is 0 Å². The molecule has 2 rings (SSSR count). The van der Waals surface area contributed by atoms with Crippen LogP contribution in [-0.2, 0) is 9.53 Å². The van der Waals surface area contributed by atoms with Crippen molar-refractivity contribution in [2.24, 2.45) is 5.41 Å². The Morgan fingerprint density at radius 1 is 1.35 bits per heavy atom. The molecule has 1 aromatic carbocycles. The molecule has 0 N–H and O–H groups in total. The lowest BCUT2D eigenvalue weighted by Crippen LogP contribution is -2.24. The van der Waals surface area contributed by atoms with Crippen LogP contribution >= 0.6 is 0 Å². The van der Waals surface area contributed by atoms with Crippen LogP contribution < -0.4 is 0 Å². The van der Waals surface area contributed by atoms with Crippen LogP contribution in [0.5, 0.6) is 0 Å². The summed E-state index contributed by atoms with van der Waals surface area (Å²) in [5, 5.41) is 0. The fourth-order valence-electron chi connectivity index (χ4n) is 2.91. The van der Waals surface area contributed by atoms with Crippen LogP contribution in [0.15, 0.2) is 54.6 Å². The highest BCUT2D eigenvalue weighted by molar-refractivity contribution is 5.82. The lowest BCUT2D eigenvalue weighted by atomic mass is 9.68. The predicted molar refractivity (Wildman–Crippen MR) is 81.4 cm³/mol. The van der Waals surface area contributed by atoms with Gasteiger partial charge in [-0.2, -0.15) is 0 Å². The van der Waals surface area contributed by atoms with Gasteiger partial charge in [0.1, 0.15) is 0 Å². The molecule has 2 atom stereocenters. The Morgan fingerprint density at radius 2 is 2.10 bits per heavy atom. The van der Waals surface area contributed by atoms with Gasteiger partial charge in [0.05, 0.1) is 7.11 Å². The summed E-state index contributed by atoms with van der Waals surface area (Å²) in [6, 6.07) is 10.4. The largest absolute Gasteiger partial charge is 0.466 e. The van der Waals surface area contributed by atoms with E-state index < -0.39 is 0 Å². The molecular weight excluding hydrogens is 248 g/mol. The fourth-order valence-corrected chi connectivity index (χ4v) is 2.91. The molecule has 0 unspecified atom stereocenters. The van der Waals surface area contributed by atoms with E-state index in [1.807, 2.05) is 24.3 Å². The number of carbonyl (C=O) groups excluding carboxylic acids is 1. The number of hydrogen-bond acceptors (Lipinski definition) is 2. The van der Waals surface area contributed by atoms with E-state index in [1.165, 1.54) is 19.1 Å². The zero-order valence-corrected chi connectivity index (χ0v) is 12.2. The van der Waals surface area contributed by atoms with E-state index in [0.717, 1.165) is 12.8 Å². The zero-order valence-electron chi connectivity index (χ0n) is 12.2. The average molecular weight is 270 g/mol. The summed E-state index contributed by atoms with van der Waals surface area (Å²) in [4.78, 5) is 11.4. The third-order valence-electron chi connectivity index (χ3n) is 4.08. The van der Waals surface area contributed by atoms with Gasteiger partial charge in [0.15, 0.2) is 0 Å². The summed E-state index contributed by atoms with van der Waals surface area (Å²) in [7, 11) is 1.41. The van der Waals surface area contributed by atoms with Crippen LogP contribution in [0.3, 0.4) is 0 Å². The van der Waals surface area contributed by atoms with Gasteiger partial charge in [-0.05, 0) is 30.2 Å². The van der Waals surface area contributed by atoms with Gasteiger partial charge in [-0.15, -0.1) is 0 Å². The number of benzene rings is 1. The minimum absolute atomic E-state index is 0.0596. The number of ether oxygens (including phenoxy) is 1. The van der Waals surface area contributed by atoms with Gasteiger partial charge in [-0.25, -0.2) is 4.79 Å². The van der Waals surface area contributed by atoms with Crippen molar-refractivity contribution in [2.75, 3.05) is 7.11 Å². The molecule has 0 spiro atoms. The van der Waals surface area contributed by atoms with Crippen molar-refractivity contribution in [3.05, 3.63) is 60.2 Å². The SMILES string of the molecule is COC(=O)/C=C/[C@@H](c1ccccc1)[C@]1(C)C=CCCC1. The van der Waals surface area contributed by atoms with Crippen molar-refractivity contribution < 1.29 is 9.53 Å². The van der Waals surface area contributed by atoms with Crippen molar-refractivity contribution in [3.63, 3.8) is 0 Å². The van der Waals surface area contributed by atoms with Gasteiger partial charge in [0.2, 0.25) is 0 Å². The molecular formula is C18H22O2. The molecule has 0 radical (unpaired) electrons. The zero-order chi connectivity index (χ0) is 14.4.